The number of aromatic nitrogens is 6. The summed E-state index contributed by atoms with van der Waals surface area (Å²) in [6.45, 7) is 3.61. The maximum atomic E-state index is 13.3. The number of hydrogen-bond acceptors (Lipinski definition) is 9. The minimum Gasteiger partial charge on any atom is -0.383 e. The SMILES string of the molecule is Cc1noc(-c2c(N)ncnc2N[C@@H](C)c2nc3cccc(Cl)c3c(=O)n2C2CC2)n1. The fourth-order valence-corrected chi connectivity index (χ4v) is 3.85. The van der Waals surface area contributed by atoms with Crippen LogP contribution in [0.25, 0.3) is 22.4 Å². The maximum Gasteiger partial charge on any atom is 0.265 e. The molecule has 1 aromatic carbocycles. The van der Waals surface area contributed by atoms with E-state index in [0.717, 1.165) is 12.8 Å². The van der Waals surface area contributed by atoms with Gasteiger partial charge in [0.1, 0.15) is 29.4 Å². The van der Waals surface area contributed by atoms with Crippen molar-refractivity contribution in [1.29, 1.82) is 0 Å². The number of hydrogen-bond donors (Lipinski definition) is 2. The molecule has 0 spiro atoms. The van der Waals surface area contributed by atoms with E-state index in [1.165, 1.54) is 6.33 Å². The van der Waals surface area contributed by atoms with Gasteiger partial charge in [0.25, 0.3) is 11.4 Å². The summed E-state index contributed by atoms with van der Waals surface area (Å²) in [6, 6.07) is 4.99. The number of nitrogens with zero attached hydrogens (tertiary/aromatic N) is 6. The van der Waals surface area contributed by atoms with Crippen molar-refractivity contribution in [2.24, 2.45) is 0 Å². The number of nitrogen functional groups attached to an aromatic ring is 1. The quantitative estimate of drug-likeness (QED) is 0.480. The largest absolute Gasteiger partial charge is 0.383 e. The van der Waals surface area contributed by atoms with Crippen molar-refractivity contribution >= 4 is 34.1 Å². The number of aryl methyl sites for hydroxylation is 1. The first kappa shape index (κ1) is 19.4. The molecular formula is C20H19ClN8O2. The minimum atomic E-state index is -0.381. The number of fused-ring (bicyclic) bond motifs is 1. The molecular weight excluding hydrogens is 420 g/mol. The van der Waals surface area contributed by atoms with Crippen LogP contribution in [0.1, 0.15) is 43.5 Å². The van der Waals surface area contributed by atoms with Gasteiger partial charge in [-0.1, -0.05) is 22.8 Å². The lowest BCUT2D eigenvalue weighted by Gasteiger charge is -2.21. The Kier molecular flexibility index (Phi) is 4.58. The normalized spacial score (nSPS) is 14.7. The summed E-state index contributed by atoms with van der Waals surface area (Å²) in [5, 5.41) is 7.94. The molecule has 0 bridgehead atoms. The van der Waals surface area contributed by atoms with Crippen LogP contribution in [0.3, 0.4) is 0 Å². The molecule has 11 heteroatoms. The van der Waals surface area contributed by atoms with E-state index in [4.69, 9.17) is 26.8 Å². The number of rotatable bonds is 5. The highest BCUT2D eigenvalue weighted by molar-refractivity contribution is 6.35. The molecule has 3 N–H and O–H groups in total. The summed E-state index contributed by atoms with van der Waals surface area (Å²) in [5.74, 6) is 1.88. The molecule has 1 aliphatic rings. The summed E-state index contributed by atoms with van der Waals surface area (Å²) in [7, 11) is 0. The highest BCUT2D eigenvalue weighted by Gasteiger charge is 2.31. The first-order valence-corrected chi connectivity index (χ1v) is 10.2. The second kappa shape index (κ2) is 7.31. The van der Waals surface area contributed by atoms with Gasteiger partial charge in [0.2, 0.25) is 0 Å². The standard InChI is InChI=1S/C20H19ClN8O2/c1-9(25-17-15(16(22)23-8-24-17)19-26-10(2)28-31-19)18-27-13-5-3-4-12(21)14(13)20(30)29(18)11-6-7-11/h3-5,8-9,11H,6-7H2,1-2H3,(H3,22,23,24,25)/t9-/m0/s1. The lowest BCUT2D eigenvalue weighted by Crippen LogP contribution is -2.28. The van der Waals surface area contributed by atoms with Gasteiger partial charge in [0.05, 0.1) is 22.0 Å². The van der Waals surface area contributed by atoms with Crippen LogP contribution in [0.4, 0.5) is 11.6 Å². The fourth-order valence-electron chi connectivity index (χ4n) is 3.60. The van der Waals surface area contributed by atoms with Crippen molar-refractivity contribution in [3.8, 4) is 11.5 Å². The molecule has 4 aromatic rings. The Hall–Kier alpha value is -3.53. The molecule has 5 rings (SSSR count). The molecule has 1 aliphatic carbocycles. The van der Waals surface area contributed by atoms with Crippen LogP contribution in [0, 0.1) is 6.92 Å². The lowest BCUT2D eigenvalue weighted by molar-refractivity contribution is 0.425. The van der Waals surface area contributed by atoms with Crippen molar-refractivity contribution in [3.63, 3.8) is 0 Å². The molecule has 31 heavy (non-hydrogen) atoms. The summed E-state index contributed by atoms with van der Waals surface area (Å²) in [4.78, 5) is 30.7. The van der Waals surface area contributed by atoms with Crippen molar-refractivity contribution in [3.05, 3.63) is 51.6 Å². The van der Waals surface area contributed by atoms with Gasteiger partial charge in [0, 0.05) is 6.04 Å². The highest BCUT2D eigenvalue weighted by Crippen LogP contribution is 2.37. The average molecular weight is 439 g/mol. The van der Waals surface area contributed by atoms with Crippen molar-refractivity contribution in [2.75, 3.05) is 11.1 Å². The maximum absolute atomic E-state index is 13.3. The van der Waals surface area contributed by atoms with Gasteiger partial charge in [-0.15, -0.1) is 0 Å². The van der Waals surface area contributed by atoms with Crippen LogP contribution in [-0.2, 0) is 0 Å². The molecule has 0 unspecified atom stereocenters. The molecule has 10 nitrogen and oxygen atoms in total. The molecule has 158 valence electrons. The van der Waals surface area contributed by atoms with E-state index in [2.05, 4.69) is 25.4 Å². The van der Waals surface area contributed by atoms with Crippen molar-refractivity contribution in [2.45, 2.75) is 38.8 Å². The zero-order valence-corrected chi connectivity index (χ0v) is 17.6. The van der Waals surface area contributed by atoms with Crippen LogP contribution >= 0.6 is 11.6 Å². The summed E-state index contributed by atoms with van der Waals surface area (Å²) < 4.78 is 7.00. The van der Waals surface area contributed by atoms with Crippen LogP contribution in [0.2, 0.25) is 5.02 Å². The Bertz CT molecular complexity index is 1360. The molecule has 0 amide bonds. The third-order valence-corrected chi connectivity index (χ3v) is 5.49. The smallest absolute Gasteiger partial charge is 0.265 e. The second-order valence-corrected chi connectivity index (χ2v) is 7.91. The van der Waals surface area contributed by atoms with Crippen LogP contribution < -0.4 is 16.6 Å². The number of halogens is 1. The summed E-state index contributed by atoms with van der Waals surface area (Å²) in [6.07, 6.45) is 3.19. The van der Waals surface area contributed by atoms with Gasteiger partial charge >= 0.3 is 0 Å². The molecule has 1 saturated carbocycles. The van der Waals surface area contributed by atoms with E-state index < -0.39 is 0 Å². The van der Waals surface area contributed by atoms with Crippen molar-refractivity contribution in [1.82, 2.24) is 29.7 Å². The molecule has 1 atom stereocenters. The van der Waals surface area contributed by atoms with E-state index in [0.29, 0.717) is 39.0 Å². The van der Waals surface area contributed by atoms with E-state index in [9.17, 15) is 4.79 Å². The number of benzene rings is 1. The average Bonchev–Trinajstić information content (AvgIpc) is 3.48. The van der Waals surface area contributed by atoms with Crippen LogP contribution in [0.15, 0.2) is 33.8 Å². The van der Waals surface area contributed by atoms with E-state index in [1.807, 2.05) is 6.92 Å². The predicted molar refractivity (Wildman–Crippen MR) is 116 cm³/mol. The summed E-state index contributed by atoms with van der Waals surface area (Å²) >= 11 is 6.31. The van der Waals surface area contributed by atoms with Crippen LogP contribution in [0.5, 0.6) is 0 Å². The van der Waals surface area contributed by atoms with Crippen molar-refractivity contribution < 1.29 is 4.52 Å². The fraction of sp³-hybridized carbons (Fsp3) is 0.300. The zero-order chi connectivity index (χ0) is 21.7. The third-order valence-electron chi connectivity index (χ3n) is 5.18. The van der Waals surface area contributed by atoms with E-state index >= 15 is 0 Å². The van der Waals surface area contributed by atoms with Gasteiger partial charge in [-0.05, 0) is 38.8 Å². The topological polar surface area (TPSA) is 138 Å². The molecule has 3 aromatic heterocycles. The molecule has 1 fully saturated rings. The molecule has 3 heterocycles. The Labute approximate surface area is 181 Å². The first-order chi connectivity index (χ1) is 14.9. The first-order valence-electron chi connectivity index (χ1n) is 9.82. The molecule has 0 aliphatic heterocycles. The van der Waals surface area contributed by atoms with Gasteiger partial charge in [-0.2, -0.15) is 4.98 Å². The third kappa shape index (κ3) is 3.38. The molecule has 0 saturated heterocycles. The Balaban J connectivity index is 1.61. The predicted octanol–water partition coefficient (Wildman–Crippen LogP) is 3.29. The number of nitrogens with one attached hydrogen (secondary N) is 1. The monoisotopic (exact) mass is 438 g/mol. The van der Waals surface area contributed by atoms with Gasteiger partial charge in [-0.3, -0.25) is 9.36 Å². The van der Waals surface area contributed by atoms with Gasteiger partial charge in [-0.25, -0.2) is 15.0 Å². The number of anilines is 2. The molecule has 0 radical (unpaired) electrons. The number of nitrogens with two attached hydrogens (primary N) is 1. The van der Waals surface area contributed by atoms with Crippen LogP contribution in [-0.4, -0.2) is 29.7 Å². The van der Waals surface area contributed by atoms with Gasteiger partial charge in [0.15, 0.2) is 5.82 Å². The Morgan fingerprint density at radius 2 is 2.10 bits per heavy atom. The van der Waals surface area contributed by atoms with Gasteiger partial charge < -0.3 is 15.6 Å². The lowest BCUT2D eigenvalue weighted by atomic mass is 10.2. The van der Waals surface area contributed by atoms with E-state index in [-0.39, 0.29) is 29.4 Å². The summed E-state index contributed by atoms with van der Waals surface area (Å²) in [5.41, 5.74) is 6.89. The zero-order valence-electron chi connectivity index (χ0n) is 16.8. The highest BCUT2D eigenvalue weighted by atomic mass is 35.5. The second-order valence-electron chi connectivity index (χ2n) is 7.51. The Morgan fingerprint density at radius 3 is 2.81 bits per heavy atom. The van der Waals surface area contributed by atoms with E-state index in [1.54, 1.807) is 29.7 Å². The minimum absolute atomic E-state index is 0.105. The Morgan fingerprint density at radius 1 is 1.29 bits per heavy atom.